The summed E-state index contributed by atoms with van der Waals surface area (Å²) in [5.74, 6) is -0.417. The highest BCUT2D eigenvalue weighted by Crippen LogP contribution is 2.28. The predicted octanol–water partition coefficient (Wildman–Crippen LogP) is 2.56. The lowest BCUT2D eigenvalue weighted by molar-refractivity contribution is 0.208. The van der Waals surface area contributed by atoms with Crippen LogP contribution in [0.2, 0.25) is 0 Å². The molecule has 90 valence electrons. The predicted molar refractivity (Wildman–Crippen MR) is 66.9 cm³/mol. The highest BCUT2D eigenvalue weighted by atomic mass is 79.9. The van der Waals surface area contributed by atoms with Crippen LogP contribution in [0.15, 0.2) is 27.3 Å². The van der Waals surface area contributed by atoms with Crippen molar-refractivity contribution in [1.29, 1.82) is 0 Å². The summed E-state index contributed by atoms with van der Waals surface area (Å²) in [6.07, 6.45) is -0.989. The highest BCUT2D eigenvalue weighted by molar-refractivity contribution is 9.10. The first-order valence-corrected chi connectivity index (χ1v) is 6.26. The van der Waals surface area contributed by atoms with Gasteiger partial charge >= 0.3 is 0 Å². The van der Waals surface area contributed by atoms with Crippen LogP contribution in [0.3, 0.4) is 0 Å². The van der Waals surface area contributed by atoms with Gasteiger partial charge in [0.1, 0.15) is 17.6 Å². The number of hydrogen-bond acceptors (Lipinski definition) is 3. The number of halogens is 3. The number of aliphatic hydroxyl groups is 1. The minimum atomic E-state index is -0.989. The van der Waals surface area contributed by atoms with E-state index in [2.05, 4.69) is 42.2 Å². The van der Waals surface area contributed by atoms with Crippen LogP contribution in [0.1, 0.15) is 17.4 Å². The molecular formula is C10H8Br2FN3O. The maximum atomic E-state index is 13.2. The van der Waals surface area contributed by atoms with Gasteiger partial charge in [0.05, 0.1) is 0 Å². The van der Waals surface area contributed by atoms with E-state index in [1.165, 1.54) is 16.8 Å². The number of aromatic nitrogens is 3. The zero-order valence-electron chi connectivity index (χ0n) is 8.73. The van der Waals surface area contributed by atoms with Crippen molar-refractivity contribution >= 4 is 31.9 Å². The smallest absolute Gasteiger partial charge is 0.154 e. The molecule has 0 saturated carbocycles. The molecule has 1 aromatic heterocycles. The second-order valence-electron chi connectivity index (χ2n) is 3.49. The molecule has 0 amide bonds. The maximum absolute atomic E-state index is 13.2. The zero-order chi connectivity index (χ0) is 12.6. The number of rotatable bonds is 2. The second kappa shape index (κ2) is 4.83. The average molecular weight is 365 g/mol. The lowest BCUT2D eigenvalue weighted by Crippen LogP contribution is -2.07. The molecule has 0 fully saturated rings. The molecule has 2 aromatic rings. The summed E-state index contributed by atoms with van der Waals surface area (Å²) in [6.45, 7) is 0. The Bertz CT molecular complexity index is 519. The van der Waals surface area contributed by atoms with Gasteiger partial charge in [-0.15, -0.1) is 5.10 Å². The van der Waals surface area contributed by atoms with Crippen molar-refractivity contribution in [2.45, 2.75) is 6.10 Å². The molecule has 7 heteroatoms. The molecule has 0 aliphatic heterocycles. The third-order valence-corrected chi connectivity index (χ3v) is 3.31. The van der Waals surface area contributed by atoms with Crippen molar-refractivity contribution in [3.05, 3.63) is 44.3 Å². The van der Waals surface area contributed by atoms with Gasteiger partial charge in [0.2, 0.25) is 0 Å². The molecule has 17 heavy (non-hydrogen) atoms. The van der Waals surface area contributed by atoms with Crippen molar-refractivity contribution in [1.82, 2.24) is 15.0 Å². The van der Waals surface area contributed by atoms with E-state index in [1.807, 2.05) is 0 Å². The second-order valence-corrected chi connectivity index (χ2v) is 5.16. The van der Waals surface area contributed by atoms with Crippen LogP contribution in [0.5, 0.6) is 0 Å². The SMILES string of the molecule is Cn1nnc(Br)c1C(O)c1cc(F)cc(Br)c1. The maximum Gasteiger partial charge on any atom is 0.154 e. The molecule has 1 aromatic carbocycles. The van der Waals surface area contributed by atoms with Crippen molar-refractivity contribution in [2.24, 2.45) is 7.05 Å². The van der Waals surface area contributed by atoms with Gasteiger partial charge in [-0.3, -0.25) is 0 Å². The lowest BCUT2D eigenvalue weighted by atomic mass is 10.1. The van der Waals surface area contributed by atoms with Gasteiger partial charge in [-0.2, -0.15) is 0 Å². The standard InChI is InChI=1S/C10H8Br2FN3O/c1-16-8(10(12)14-15-16)9(17)5-2-6(11)4-7(13)3-5/h2-4,9,17H,1H3. The van der Waals surface area contributed by atoms with Crippen LogP contribution >= 0.6 is 31.9 Å². The van der Waals surface area contributed by atoms with Gasteiger partial charge in [0.15, 0.2) is 4.60 Å². The quantitative estimate of drug-likeness (QED) is 0.890. The Labute approximate surface area is 114 Å². The zero-order valence-corrected chi connectivity index (χ0v) is 11.9. The van der Waals surface area contributed by atoms with Crippen LogP contribution < -0.4 is 0 Å². The summed E-state index contributed by atoms with van der Waals surface area (Å²) in [6, 6.07) is 4.24. The first kappa shape index (κ1) is 12.7. The van der Waals surface area contributed by atoms with Gasteiger partial charge in [-0.05, 0) is 39.7 Å². The first-order chi connectivity index (χ1) is 7.99. The average Bonchev–Trinajstić information content (AvgIpc) is 2.56. The largest absolute Gasteiger partial charge is 0.382 e. The van der Waals surface area contributed by atoms with Crippen molar-refractivity contribution in [3.63, 3.8) is 0 Å². The Balaban J connectivity index is 2.47. The molecular weight excluding hydrogens is 357 g/mol. The van der Waals surface area contributed by atoms with E-state index in [9.17, 15) is 9.50 Å². The summed E-state index contributed by atoms with van der Waals surface area (Å²) < 4.78 is 15.7. The number of nitrogens with zero attached hydrogens (tertiary/aromatic N) is 3. The fourth-order valence-electron chi connectivity index (χ4n) is 1.52. The molecule has 4 nitrogen and oxygen atoms in total. The van der Waals surface area contributed by atoms with Crippen LogP contribution in [0.4, 0.5) is 4.39 Å². The minimum Gasteiger partial charge on any atom is -0.382 e. The van der Waals surface area contributed by atoms with Gasteiger partial charge in [-0.25, -0.2) is 9.07 Å². The highest BCUT2D eigenvalue weighted by Gasteiger charge is 2.20. The van der Waals surface area contributed by atoms with Crippen LogP contribution in [0.25, 0.3) is 0 Å². The third-order valence-electron chi connectivity index (χ3n) is 2.29. The lowest BCUT2D eigenvalue weighted by Gasteiger charge is -2.11. The van der Waals surface area contributed by atoms with E-state index < -0.39 is 11.9 Å². The normalized spacial score (nSPS) is 12.8. The fraction of sp³-hybridized carbons (Fsp3) is 0.200. The number of hydrogen-bond donors (Lipinski definition) is 1. The molecule has 1 atom stereocenters. The molecule has 0 aliphatic carbocycles. The van der Waals surface area contributed by atoms with Gasteiger partial charge in [-0.1, -0.05) is 21.1 Å². The van der Waals surface area contributed by atoms with Crippen molar-refractivity contribution in [2.75, 3.05) is 0 Å². The van der Waals surface area contributed by atoms with Crippen LogP contribution in [0, 0.1) is 5.82 Å². The molecule has 2 rings (SSSR count). The summed E-state index contributed by atoms with van der Waals surface area (Å²) in [4.78, 5) is 0. The Morgan fingerprint density at radius 3 is 2.59 bits per heavy atom. The number of benzene rings is 1. The number of aliphatic hydroxyl groups excluding tert-OH is 1. The molecule has 0 saturated heterocycles. The summed E-state index contributed by atoms with van der Waals surface area (Å²) in [7, 11) is 1.66. The fourth-order valence-corrected chi connectivity index (χ4v) is 2.55. The van der Waals surface area contributed by atoms with E-state index in [1.54, 1.807) is 13.1 Å². The van der Waals surface area contributed by atoms with Crippen LogP contribution in [-0.4, -0.2) is 20.1 Å². The van der Waals surface area contributed by atoms with Gasteiger partial charge < -0.3 is 5.11 Å². The topological polar surface area (TPSA) is 50.9 Å². The van der Waals surface area contributed by atoms with E-state index in [0.717, 1.165) is 0 Å². The molecule has 1 heterocycles. The van der Waals surface area contributed by atoms with E-state index in [0.29, 0.717) is 20.3 Å². The van der Waals surface area contributed by atoms with E-state index >= 15 is 0 Å². The Morgan fingerprint density at radius 2 is 2.06 bits per heavy atom. The van der Waals surface area contributed by atoms with Crippen molar-refractivity contribution < 1.29 is 9.50 Å². The van der Waals surface area contributed by atoms with Gasteiger partial charge in [0.25, 0.3) is 0 Å². The first-order valence-electron chi connectivity index (χ1n) is 4.68. The Kier molecular flexibility index (Phi) is 3.60. The molecule has 0 aliphatic rings. The van der Waals surface area contributed by atoms with Crippen LogP contribution in [-0.2, 0) is 7.05 Å². The minimum absolute atomic E-state index is 0.417. The van der Waals surface area contributed by atoms with Crippen molar-refractivity contribution in [3.8, 4) is 0 Å². The molecule has 0 bridgehead atoms. The summed E-state index contributed by atoms with van der Waals surface area (Å²) >= 11 is 6.37. The Hall–Kier alpha value is -0.790. The van der Waals surface area contributed by atoms with Gasteiger partial charge in [0, 0.05) is 11.5 Å². The molecule has 0 radical (unpaired) electrons. The number of aryl methyl sites for hydroxylation is 1. The monoisotopic (exact) mass is 363 g/mol. The Morgan fingerprint density at radius 1 is 1.35 bits per heavy atom. The third kappa shape index (κ3) is 2.56. The van der Waals surface area contributed by atoms with E-state index in [-0.39, 0.29) is 0 Å². The molecule has 1 N–H and O–H groups in total. The molecule has 1 unspecified atom stereocenters. The summed E-state index contributed by atoms with van der Waals surface area (Å²) in [5.41, 5.74) is 0.908. The molecule has 0 spiro atoms. The van der Waals surface area contributed by atoms with E-state index in [4.69, 9.17) is 0 Å². The summed E-state index contributed by atoms with van der Waals surface area (Å²) in [5, 5.41) is 17.7.